The highest BCUT2D eigenvalue weighted by Crippen LogP contribution is 2.32. The van der Waals surface area contributed by atoms with Crippen molar-refractivity contribution in [1.82, 2.24) is 4.98 Å². The van der Waals surface area contributed by atoms with Crippen LogP contribution in [0, 0.1) is 0 Å². The minimum absolute atomic E-state index is 0.102. The first-order valence-corrected chi connectivity index (χ1v) is 8.95. The Kier molecular flexibility index (Phi) is 5.52. The lowest BCUT2D eigenvalue weighted by Crippen LogP contribution is -2.12. The van der Waals surface area contributed by atoms with Gasteiger partial charge in [-0.05, 0) is 12.1 Å². The van der Waals surface area contributed by atoms with Gasteiger partial charge in [-0.25, -0.2) is 4.98 Å². The third-order valence-corrected chi connectivity index (χ3v) is 4.90. The molecule has 0 saturated carbocycles. The van der Waals surface area contributed by atoms with Crippen LogP contribution in [0.3, 0.4) is 0 Å². The van der Waals surface area contributed by atoms with Crippen LogP contribution in [0.15, 0.2) is 48.5 Å². The van der Waals surface area contributed by atoms with Crippen molar-refractivity contribution in [3.63, 3.8) is 0 Å². The van der Waals surface area contributed by atoms with Gasteiger partial charge in [-0.1, -0.05) is 41.7 Å². The summed E-state index contributed by atoms with van der Waals surface area (Å²) in [4.78, 5) is 29.6. The van der Waals surface area contributed by atoms with E-state index in [-0.39, 0.29) is 11.7 Å². The lowest BCUT2D eigenvalue weighted by Gasteiger charge is -2.08. The van der Waals surface area contributed by atoms with Crippen LogP contribution in [-0.4, -0.2) is 30.9 Å². The fraction of sp³-hybridized carbons (Fsp3) is 0.150. The number of thiazole rings is 1. The van der Waals surface area contributed by atoms with E-state index in [9.17, 15) is 9.59 Å². The zero-order valence-electron chi connectivity index (χ0n) is 15.1. The lowest BCUT2D eigenvalue weighted by atomic mass is 10.1. The Hall–Kier alpha value is -3.19. The second kappa shape index (κ2) is 8.01. The number of hydrogen-bond donors (Lipinski definition) is 1. The monoisotopic (exact) mass is 382 g/mol. The fourth-order valence-electron chi connectivity index (χ4n) is 2.51. The number of amides is 1. The van der Waals surface area contributed by atoms with Gasteiger partial charge in [-0.15, -0.1) is 0 Å². The van der Waals surface area contributed by atoms with Gasteiger partial charge in [-0.2, -0.15) is 0 Å². The van der Waals surface area contributed by atoms with Crippen LogP contribution in [0.25, 0.3) is 11.3 Å². The molecule has 0 unspecified atom stereocenters. The number of methoxy groups -OCH3 is 2. The molecule has 1 heterocycles. The first-order valence-electron chi connectivity index (χ1n) is 8.13. The molecule has 3 rings (SSSR count). The van der Waals surface area contributed by atoms with Gasteiger partial charge in [0.05, 0.1) is 24.8 Å². The maximum atomic E-state index is 12.6. The maximum absolute atomic E-state index is 12.6. The third-order valence-electron chi connectivity index (χ3n) is 3.83. The molecule has 2 aromatic carbocycles. The predicted octanol–water partition coefficient (Wildman–Crippen LogP) is 4.28. The zero-order chi connectivity index (χ0) is 19.4. The first-order chi connectivity index (χ1) is 13.0. The van der Waals surface area contributed by atoms with E-state index in [2.05, 4.69) is 10.3 Å². The molecular formula is C20H18N2O4S. The molecule has 0 atom stereocenters. The van der Waals surface area contributed by atoms with Gasteiger partial charge >= 0.3 is 0 Å². The molecule has 0 aliphatic carbocycles. The van der Waals surface area contributed by atoms with Crippen LogP contribution >= 0.6 is 11.3 Å². The molecule has 0 aliphatic rings. The summed E-state index contributed by atoms with van der Waals surface area (Å²) in [6.45, 7) is 1.48. The first kappa shape index (κ1) is 18.6. The lowest BCUT2D eigenvalue weighted by molar-refractivity contribution is 0.101. The predicted molar refractivity (Wildman–Crippen MR) is 105 cm³/mol. The Labute approximate surface area is 160 Å². The summed E-state index contributed by atoms with van der Waals surface area (Å²) in [6.07, 6.45) is 0. The van der Waals surface area contributed by atoms with Crippen molar-refractivity contribution in [3.05, 3.63) is 59.0 Å². The van der Waals surface area contributed by atoms with Crippen molar-refractivity contribution in [3.8, 4) is 22.8 Å². The molecule has 3 aromatic rings. The van der Waals surface area contributed by atoms with Crippen molar-refractivity contribution < 1.29 is 19.1 Å². The number of Topliss-reactive ketones (excluding diaryl/α,β-unsaturated/α-hetero) is 1. The van der Waals surface area contributed by atoms with E-state index >= 15 is 0 Å². The summed E-state index contributed by atoms with van der Waals surface area (Å²) in [7, 11) is 3.03. The summed E-state index contributed by atoms with van der Waals surface area (Å²) >= 11 is 1.15. The van der Waals surface area contributed by atoms with Gasteiger partial charge < -0.3 is 9.47 Å². The molecule has 27 heavy (non-hydrogen) atoms. The number of nitrogens with zero attached hydrogens (tertiary/aromatic N) is 1. The number of anilines is 1. The standard InChI is InChI=1S/C20H18N2O4S/c1-12(23)18-17(13-7-5-4-6-8-13)21-20(27-18)22-19(24)14-9-15(25-2)11-16(10-14)26-3/h4-11H,1-3H3,(H,21,22,24). The van der Waals surface area contributed by atoms with Crippen LogP contribution in [0.4, 0.5) is 5.13 Å². The van der Waals surface area contributed by atoms with E-state index in [4.69, 9.17) is 9.47 Å². The maximum Gasteiger partial charge on any atom is 0.257 e. The highest BCUT2D eigenvalue weighted by Gasteiger charge is 2.19. The van der Waals surface area contributed by atoms with Crippen LogP contribution in [-0.2, 0) is 0 Å². The molecule has 1 aromatic heterocycles. The van der Waals surface area contributed by atoms with Crippen molar-refractivity contribution in [2.45, 2.75) is 6.92 Å². The Balaban J connectivity index is 1.92. The number of aromatic nitrogens is 1. The third kappa shape index (κ3) is 4.15. The van der Waals surface area contributed by atoms with Gasteiger partial charge in [0.15, 0.2) is 10.9 Å². The molecule has 0 radical (unpaired) electrons. The van der Waals surface area contributed by atoms with Gasteiger partial charge in [0.1, 0.15) is 11.5 Å². The number of hydrogen-bond acceptors (Lipinski definition) is 6. The number of carbonyl (C=O) groups excluding carboxylic acids is 2. The van der Waals surface area contributed by atoms with E-state index in [1.807, 2.05) is 30.3 Å². The molecular weight excluding hydrogens is 364 g/mol. The molecule has 1 N–H and O–H groups in total. The molecule has 0 fully saturated rings. The van der Waals surface area contributed by atoms with E-state index in [1.54, 1.807) is 18.2 Å². The van der Waals surface area contributed by atoms with E-state index < -0.39 is 0 Å². The molecule has 138 valence electrons. The fourth-order valence-corrected chi connectivity index (χ4v) is 3.39. The minimum Gasteiger partial charge on any atom is -0.497 e. The van der Waals surface area contributed by atoms with Crippen LogP contribution in [0.5, 0.6) is 11.5 Å². The van der Waals surface area contributed by atoms with E-state index in [0.29, 0.717) is 32.8 Å². The largest absolute Gasteiger partial charge is 0.497 e. The topological polar surface area (TPSA) is 77.5 Å². The van der Waals surface area contributed by atoms with Crippen LogP contribution in [0.1, 0.15) is 27.0 Å². The van der Waals surface area contributed by atoms with Crippen molar-refractivity contribution in [2.75, 3.05) is 19.5 Å². The summed E-state index contributed by atoms with van der Waals surface area (Å²) in [5.41, 5.74) is 1.75. The van der Waals surface area contributed by atoms with Gasteiger partial charge in [0, 0.05) is 24.1 Å². The number of nitrogens with one attached hydrogen (secondary N) is 1. The number of benzene rings is 2. The highest BCUT2D eigenvalue weighted by molar-refractivity contribution is 7.18. The summed E-state index contributed by atoms with van der Waals surface area (Å²) < 4.78 is 10.4. The Bertz CT molecular complexity index is 961. The summed E-state index contributed by atoms with van der Waals surface area (Å²) in [6, 6.07) is 14.3. The SMILES string of the molecule is COc1cc(OC)cc(C(=O)Nc2nc(-c3ccccc3)c(C(C)=O)s2)c1. The summed E-state index contributed by atoms with van der Waals surface area (Å²) in [5.74, 6) is 0.548. The van der Waals surface area contributed by atoms with E-state index in [0.717, 1.165) is 16.9 Å². The van der Waals surface area contributed by atoms with Crippen LogP contribution < -0.4 is 14.8 Å². The molecule has 0 aliphatic heterocycles. The van der Waals surface area contributed by atoms with Gasteiger partial charge in [0.2, 0.25) is 0 Å². The second-order valence-corrected chi connectivity index (χ2v) is 6.67. The average Bonchev–Trinajstić information content (AvgIpc) is 3.12. The Morgan fingerprint density at radius 2 is 1.63 bits per heavy atom. The smallest absolute Gasteiger partial charge is 0.257 e. The normalized spacial score (nSPS) is 10.3. The number of ether oxygens (including phenoxy) is 2. The molecule has 0 bridgehead atoms. The van der Waals surface area contributed by atoms with Crippen LogP contribution in [0.2, 0.25) is 0 Å². The summed E-state index contributed by atoms with van der Waals surface area (Å²) in [5, 5.41) is 3.10. The molecule has 0 saturated heterocycles. The van der Waals surface area contributed by atoms with E-state index in [1.165, 1.54) is 21.1 Å². The van der Waals surface area contributed by atoms with Crippen molar-refractivity contribution in [1.29, 1.82) is 0 Å². The molecule has 1 amide bonds. The van der Waals surface area contributed by atoms with Gasteiger partial charge in [0.25, 0.3) is 5.91 Å². The molecule has 7 heteroatoms. The minimum atomic E-state index is -0.365. The zero-order valence-corrected chi connectivity index (χ0v) is 15.9. The van der Waals surface area contributed by atoms with Gasteiger partial charge in [-0.3, -0.25) is 14.9 Å². The Morgan fingerprint density at radius 1 is 1.00 bits per heavy atom. The molecule has 0 spiro atoms. The number of ketones is 1. The van der Waals surface area contributed by atoms with Crippen molar-refractivity contribution in [2.24, 2.45) is 0 Å². The highest BCUT2D eigenvalue weighted by atomic mass is 32.1. The average molecular weight is 382 g/mol. The second-order valence-electron chi connectivity index (χ2n) is 5.67. The molecule has 6 nitrogen and oxygen atoms in total. The number of rotatable bonds is 6. The Morgan fingerprint density at radius 3 is 2.19 bits per heavy atom. The number of carbonyl (C=O) groups is 2. The quantitative estimate of drug-likeness (QED) is 0.644. The van der Waals surface area contributed by atoms with Crippen molar-refractivity contribution >= 4 is 28.2 Å².